The number of hydrogen-bond donors (Lipinski definition) is 1. The van der Waals surface area contributed by atoms with Crippen molar-refractivity contribution in [1.82, 2.24) is 0 Å². The van der Waals surface area contributed by atoms with Gasteiger partial charge in [-0.15, -0.1) is 0 Å². The summed E-state index contributed by atoms with van der Waals surface area (Å²) in [6.07, 6.45) is 0.740. The van der Waals surface area contributed by atoms with Gasteiger partial charge < -0.3 is 15.2 Å². The number of carbonyl (C=O) groups is 1. The Morgan fingerprint density at radius 2 is 2.50 bits per heavy atom. The van der Waals surface area contributed by atoms with E-state index >= 15 is 0 Å². The number of carbonyl (C=O) groups excluding carboxylic acids is 1. The van der Waals surface area contributed by atoms with Crippen LogP contribution in [0.3, 0.4) is 0 Å². The molecule has 2 N–H and O–H groups in total. The Bertz CT molecular complexity index is 160. The third kappa shape index (κ3) is 2.19. The van der Waals surface area contributed by atoms with Gasteiger partial charge in [-0.1, -0.05) is 0 Å². The van der Waals surface area contributed by atoms with Gasteiger partial charge in [-0.3, -0.25) is 4.79 Å². The molecule has 0 radical (unpaired) electrons. The Balaban J connectivity index is 2.42. The molecule has 12 heavy (non-hydrogen) atoms. The monoisotopic (exact) mass is 173 g/mol. The van der Waals surface area contributed by atoms with Crippen molar-refractivity contribution in [2.75, 3.05) is 19.8 Å². The van der Waals surface area contributed by atoms with Gasteiger partial charge in [0, 0.05) is 12.6 Å². The molecule has 1 unspecified atom stereocenters. The Hall–Kier alpha value is -0.610. The van der Waals surface area contributed by atoms with Crippen LogP contribution in [0.5, 0.6) is 0 Å². The van der Waals surface area contributed by atoms with Crippen LogP contribution in [0.4, 0.5) is 0 Å². The van der Waals surface area contributed by atoms with E-state index in [4.69, 9.17) is 15.2 Å². The number of esters is 1. The number of rotatable bonds is 2. The first-order valence-electron chi connectivity index (χ1n) is 4.25. The van der Waals surface area contributed by atoms with Gasteiger partial charge in [0.2, 0.25) is 0 Å². The van der Waals surface area contributed by atoms with E-state index in [9.17, 15) is 4.79 Å². The molecule has 1 heterocycles. The standard InChI is InChI=1S/C8H15NO3/c1-2-12-8(10)6-5-11-4-3-7(6)9/h6-7H,2-5,9H2,1H3/t6?,7-/m0/s1. The van der Waals surface area contributed by atoms with Crippen LogP contribution in [0.1, 0.15) is 13.3 Å². The van der Waals surface area contributed by atoms with Gasteiger partial charge in [0.05, 0.1) is 19.1 Å². The topological polar surface area (TPSA) is 61.5 Å². The molecule has 0 aromatic rings. The summed E-state index contributed by atoms with van der Waals surface area (Å²) in [4.78, 5) is 11.2. The molecule has 0 aliphatic carbocycles. The number of nitrogens with two attached hydrogens (primary N) is 1. The SMILES string of the molecule is CCOC(=O)C1COCC[C@@H]1N. The fourth-order valence-electron chi connectivity index (χ4n) is 1.25. The van der Waals surface area contributed by atoms with Crippen molar-refractivity contribution < 1.29 is 14.3 Å². The molecule has 1 rings (SSSR count). The Labute approximate surface area is 72.0 Å². The molecule has 0 aromatic carbocycles. The minimum absolute atomic E-state index is 0.0993. The Morgan fingerprint density at radius 1 is 1.75 bits per heavy atom. The Morgan fingerprint density at radius 3 is 3.08 bits per heavy atom. The average Bonchev–Trinajstić information content (AvgIpc) is 2.05. The van der Waals surface area contributed by atoms with Crippen LogP contribution in [0.25, 0.3) is 0 Å². The molecular formula is C8H15NO3. The fourth-order valence-corrected chi connectivity index (χ4v) is 1.25. The van der Waals surface area contributed by atoms with Crippen LogP contribution in [-0.4, -0.2) is 31.8 Å². The molecule has 2 atom stereocenters. The van der Waals surface area contributed by atoms with E-state index in [1.165, 1.54) is 0 Å². The van der Waals surface area contributed by atoms with Crippen molar-refractivity contribution in [2.24, 2.45) is 11.7 Å². The number of ether oxygens (including phenoxy) is 2. The van der Waals surface area contributed by atoms with Gasteiger partial charge in [-0.05, 0) is 13.3 Å². The van der Waals surface area contributed by atoms with E-state index in [2.05, 4.69) is 0 Å². The summed E-state index contributed by atoms with van der Waals surface area (Å²) < 4.78 is 9.99. The molecule has 0 spiro atoms. The van der Waals surface area contributed by atoms with Gasteiger partial charge in [0.1, 0.15) is 0 Å². The molecular weight excluding hydrogens is 158 g/mol. The first-order chi connectivity index (χ1) is 5.75. The molecule has 0 amide bonds. The molecule has 0 saturated carbocycles. The number of hydrogen-bond acceptors (Lipinski definition) is 4. The molecule has 70 valence electrons. The quantitative estimate of drug-likeness (QED) is 0.593. The molecule has 1 aliphatic heterocycles. The van der Waals surface area contributed by atoms with E-state index < -0.39 is 0 Å². The smallest absolute Gasteiger partial charge is 0.312 e. The summed E-state index contributed by atoms with van der Waals surface area (Å²) in [5.41, 5.74) is 5.73. The molecule has 4 heteroatoms. The molecule has 1 saturated heterocycles. The molecule has 1 aliphatic rings. The zero-order valence-electron chi connectivity index (χ0n) is 7.29. The lowest BCUT2D eigenvalue weighted by Gasteiger charge is -2.26. The summed E-state index contributed by atoms with van der Waals surface area (Å²) in [6.45, 7) is 3.24. The summed E-state index contributed by atoms with van der Waals surface area (Å²) in [5.74, 6) is -0.497. The highest BCUT2D eigenvalue weighted by Crippen LogP contribution is 2.13. The zero-order chi connectivity index (χ0) is 8.97. The molecule has 0 aromatic heterocycles. The van der Waals surface area contributed by atoms with E-state index in [0.717, 1.165) is 6.42 Å². The van der Waals surface area contributed by atoms with Gasteiger partial charge in [-0.2, -0.15) is 0 Å². The highest BCUT2D eigenvalue weighted by Gasteiger charge is 2.29. The summed E-state index contributed by atoms with van der Waals surface area (Å²) in [6, 6.07) is -0.0993. The second-order valence-electron chi connectivity index (χ2n) is 2.89. The molecule has 0 bridgehead atoms. The maximum Gasteiger partial charge on any atom is 0.312 e. The van der Waals surface area contributed by atoms with Crippen molar-refractivity contribution >= 4 is 5.97 Å². The average molecular weight is 173 g/mol. The van der Waals surface area contributed by atoms with Crippen LogP contribution in [0, 0.1) is 5.92 Å². The van der Waals surface area contributed by atoms with Crippen LogP contribution >= 0.6 is 0 Å². The maximum absolute atomic E-state index is 11.2. The fraction of sp³-hybridized carbons (Fsp3) is 0.875. The van der Waals surface area contributed by atoms with E-state index in [1.54, 1.807) is 6.92 Å². The summed E-state index contributed by atoms with van der Waals surface area (Å²) in [5, 5.41) is 0. The summed E-state index contributed by atoms with van der Waals surface area (Å²) >= 11 is 0. The van der Waals surface area contributed by atoms with Gasteiger partial charge in [-0.25, -0.2) is 0 Å². The van der Waals surface area contributed by atoms with Crippen LogP contribution < -0.4 is 5.73 Å². The highest BCUT2D eigenvalue weighted by molar-refractivity contribution is 5.73. The first-order valence-corrected chi connectivity index (χ1v) is 4.25. The molecule has 1 fully saturated rings. The lowest BCUT2D eigenvalue weighted by molar-refractivity contribution is -0.153. The summed E-state index contributed by atoms with van der Waals surface area (Å²) in [7, 11) is 0. The highest BCUT2D eigenvalue weighted by atomic mass is 16.5. The van der Waals surface area contributed by atoms with Gasteiger partial charge >= 0.3 is 5.97 Å². The predicted molar refractivity (Wildman–Crippen MR) is 43.5 cm³/mol. The molecule has 4 nitrogen and oxygen atoms in total. The third-order valence-electron chi connectivity index (χ3n) is 2.00. The minimum atomic E-state index is -0.265. The second kappa shape index (κ2) is 4.42. The van der Waals surface area contributed by atoms with Gasteiger partial charge in [0.25, 0.3) is 0 Å². The van der Waals surface area contributed by atoms with Crippen molar-refractivity contribution in [2.45, 2.75) is 19.4 Å². The normalized spacial score (nSPS) is 29.8. The first kappa shape index (κ1) is 9.48. The predicted octanol–water partition coefficient (Wildman–Crippen LogP) is -0.0867. The lowest BCUT2D eigenvalue weighted by Crippen LogP contribution is -2.43. The largest absolute Gasteiger partial charge is 0.466 e. The van der Waals surface area contributed by atoms with Gasteiger partial charge in [0.15, 0.2) is 0 Å². The van der Waals surface area contributed by atoms with E-state index in [-0.39, 0.29) is 17.9 Å². The van der Waals surface area contributed by atoms with E-state index in [1.807, 2.05) is 0 Å². The van der Waals surface area contributed by atoms with Crippen LogP contribution in [0.15, 0.2) is 0 Å². The van der Waals surface area contributed by atoms with Crippen molar-refractivity contribution in [3.63, 3.8) is 0 Å². The van der Waals surface area contributed by atoms with Crippen LogP contribution in [0.2, 0.25) is 0 Å². The third-order valence-corrected chi connectivity index (χ3v) is 2.00. The van der Waals surface area contributed by atoms with Crippen molar-refractivity contribution in [3.05, 3.63) is 0 Å². The maximum atomic E-state index is 11.2. The second-order valence-corrected chi connectivity index (χ2v) is 2.89. The Kier molecular flexibility index (Phi) is 3.49. The van der Waals surface area contributed by atoms with Crippen molar-refractivity contribution in [1.29, 1.82) is 0 Å². The van der Waals surface area contributed by atoms with E-state index in [0.29, 0.717) is 19.8 Å². The minimum Gasteiger partial charge on any atom is -0.466 e. The van der Waals surface area contributed by atoms with Crippen LogP contribution in [-0.2, 0) is 14.3 Å². The zero-order valence-corrected chi connectivity index (χ0v) is 7.29. The van der Waals surface area contributed by atoms with Crippen molar-refractivity contribution in [3.8, 4) is 0 Å². The lowest BCUT2D eigenvalue weighted by atomic mass is 9.97.